The topological polar surface area (TPSA) is 98.0 Å². The molecule has 4 N–H and O–H groups in total. The average molecular weight is 362 g/mol. The Morgan fingerprint density at radius 2 is 1.68 bits per heavy atom. The van der Waals surface area contributed by atoms with Crippen molar-refractivity contribution in [2.75, 3.05) is 0 Å². The molecule has 1 fully saturated rings. The molecule has 0 heterocycles. The minimum atomic E-state index is -4.64. The number of benzene rings is 2. The van der Waals surface area contributed by atoms with Gasteiger partial charge in [0.1, 0.15) is 5.75 Å². The summed E-state index contributed by atoms with van der Waals surface area (Å²) in [4.78, 5) is 18.4. The monoisotopic (exact) mass is 362 g/mol. The van der Waals surface area contributed by atoms with Crippen molar-refractivity contribution in [3.8, 4) is 16.9 Å². The molecule has 0 aliphatic heterocycles. The van der Waals surface area contributed by atoms with Crippen LogP contribution < -0.4 is 0 Å². The molecule has 0 amide bonds. The maximum atomic E-state index is 11.3. The normalized spacial score (nSPS) is 17.4. The summed E-state index contributed by atoms with van der Waals surface area (Å²) in [5, 5.41) is 20.6. The van der Waals surface area contributed by atoms with E-state index in [1.807, 2.05) is 12.1 Å². The lowest BCUT2D eigenvalue weighted by Crippen LogP contribution is -2.05. The van der Waals surface area contributed by atoms with E-state index in [9.17, 15) is 24.6 Å². The van der Waals surface area contributed by atoms with Crippen LogP contribution in [-0.4, -0.2) is 20.0 Å². The first-order valence-electron chi connectivity index (χ1n) is 8.53. The molecular weight excluding hydrogens is 339 g/mol. The van der Waals surface area contributed by atoms with E-state index < -0.39 is 13.4 Å². The van der Waals surface area contributed by atoms with Crippen molar-refractivity contribution in [3.63, 3.8) is 0 Å². The van der Waals surface area contributed by atoms with Crippen LogP contribution in [0.15, 0.2) is 42.5 Å². The van der Waals surface area contributed by atoms with Crippen LogP contribution in [0.5, 0.6) is 5.75 Å². The fourth-order valence-corrected chi connectivity index (χ4v) is 4.15. The number of hydrogen-bond acceptors (Lipinski definition) is 3. The number of para-hydroxylation sites is 1. The molecule has 1 aliphatic rings. The molecule has 25 heavy (non-hydrogen) atoms. The fourth-order valence-electron chi connectivity index (χ4n) is 3.60. The second kappa shape index (κ2) is 7.30. The molecule has 1 saturated carbocycles. The Morgan fingerprint density at radius 1 is 1.00 bits per heavy atom. The summed E-state index contributed by atoms with van der Waals surface area (Å²) < 4.78 is 11.3. The van der Waals surface area contributed by atoms with Gasteiger partial charge in [-0.15, -0.1) is 0 Å². The van der Waals surface area contributed by atoms with Gasteiger partial charge in [0.25, 0.3) is 0 Å². The molecule has 2 aromatic rings. The first kappa shape index (κ1) is 18.2. The van der Waals surface area contributed by atoms with E-state index >= 15 is 0 Å². The van der Waals surface area contributed by atoms with Crippen LogP contribution in [-0.2, 0) is 4.57 Å². The third-order valence-corrected chi connectivity index (χ3v) is 5.86. The van der Waals surface area contributed by atoms with Gasteiger partial charge in [-0.1, -0.05) is 55.7 Å². The Balaban J connectivity index is 1.98. The van der Waals surface area contributed by atoms with Gasteiger partial charge in [-0.05, 0) is 41.5 Å². The van der Waals surface area contributed by atoms with E-state index in [4.69, 9.17) is 0 Å². The summed E-state index contributed by atoms with van der Waals surface area (Å²) in [6.07, 6.45) is 5.69. The number of aromatic hydroxyl groups is 1. The highest BCUT2D eigenvalue weighted by Crippen LogP contribution is 2.50. The lowest BCUT2D eigenvalue weighted by Gasteiger charge is -2.24. The van der Waals surface area contributed by atoms with Crippen molar-refractivity contribution in [3.05, 3.63) is 53.6 Å². The summed E-state index contributed by atoms with van der Waals surface area (Å²) in [5.41, 5.74) is 2.30. The van der Waals surface area contributed by atoms with Crippen molar-refractivity contribution in [1.82, 2.24) is 0 Å². The molecule has 0 saturated heterocycles. The SMILES string of the molecule is O=P(O)(O)C(O)c1cccc(-c2cccc(C3CCCCC3)c2O)c1. The number of rotatable bonds is 4. The third-order valence-electron chi connectivity index (χ3n) is 4.93. The van der Waals surface area contributed by atoms with Crippen LogP contribution in [0.3, 0.4) is 0 Å². The second-order valence-electron chi connectivity index (χ2n) is 6.67. The van der Waals surface area contributed by atoms with Crippen molar-refractivity contribution in [1.29, 1.82) is 0 Å². The first-order valence-corrected chi connectivity index (χ1v) is 10.2. The molecule has 1 aliphatic carbocycles. The second-order valence-corrected chi connectivity index (χ2v) is 8.33. The summed E-state index contributed by atoms with van der Waals surface area (Å²) in [7, 11) is -4.64. The third kappa shape index (κ3) is 3.96. The Bertz CT molecular complexity index is 792. The number of aliphatic hydroxyl groups excluding tert-OH is 1. The molecule has 6 heteroatoms. The molecule has 134 valence electrons. The maximum Gasteiger partial charge on any atom is 0.358 e. The maximum absolute atomic E-state index is 11.3. The minimum Gasteiger partial charge on any atom is -0.507 e. The van der Waals surface area contributed by atoms with Gasteiger partial charge in [-0.3, -0.25) is 4.57 Å². The number of phenols is 1. The van der Waals surface area contributed by atoms with E-state index in [-0.39, 0.29) is 11.3 Å². The molecule has 0 radical (unpaired) electrons. The lowest BCUT2D eigenvalue weighted by atomic mass is 9.82. The van der Waals surface area contributed by atoms with Gasteiger partial charge < -0.3 is 20.0 Å². The minimum absolute atomic E-state index is 0.133. The predicted octanol–water partition coefficient (Wildman–Crippen LogP) is 4.28. The van der Waals surface area contributed by atoms with Gasteiger partial charge in [0.05, 0.1) is 0 Å². The Labute approximate surface area is 147 Å². The van der Waals surface area contributed by atoms with E-state index in [2.05, 4.69) is 0 Å². The van der Waals surface area contributed by atoms with E-state index in [0.717, 1.165) is 31.2 Å². The lowest BCUT2D eigenvalue weighted by molar-refractivity contribution is 0.205. The number of hydrogen-bond donors (Lipinski definition) is 4. The molecule has 0 spiro atoms. The number of phenolic OH excluding ortho intramolecular Hbond substituents is 1. The van der Waals surface area contributed by atoms with Crippen LogP contribution in [0.2, 0.25) is 0 Å². The molecular formula is C19H23O5P. The van der Waals surface area contributed by atoms with Crippen LogP contribution >= 0.6 is 7.60 Å². The van der Waals surface area contributed by atoms with Gasteiger partial charge >= 0.3 is 7.60 Å². The molecule has 5 nitrogen and oxygen atoms in total. The smallest absolute Gasteiger partial charge is 0.358 e. The van der Waals surface area contributed by atoms with E-state index in [1.54, 1.807) is 18.2 Å². The van der Waals surface area contributed by atoms with E-state index in [1.165, 1.54) is 18.6 Å². The van der Waals surface area contributed by atoms with Crippen molar-refractivity contribution >= 4 is 7.60 Å². The quantitative estimate of drug-likeness (QED) is 0.609. The highest BCUT2D eigenvalue weighted by atomic mass is 31.2. The fraction of sp³-hybridized carbons (Fsp3) is 0.368. The van der Waals surface area contributed by atoms with Gasteiger partial charge in [-0.2, -0.15) is 0 Å². The van der Waals surface area contributed by atoms with Crippen molar-refractivity contribution in [2.24, 2.45) is 0 Å². The zero-order valence-corrected chi connectivity index (χ0v) is 14.8. The first-order chi connectivity index (χ1) is 11.9. The van der Waals surface area contributed by atoms with Crippen LogP contribution in [0.1, 0.15) is 55.0 Å². The van der Waals surface area contributed by atoms with Gasteiger partial charge in [-0.25, -0.2) is 0 Å². The zero-order valence-electron chi connectivity index (χ0n) is 13.9. The molecule has 3 rings (SSSR count). The van der Waals surface area contributed by atoms with Gasteiger partial charge in [0, 0.05) is 5.56 Å². The largest absolute Gasteiger partial charge is 0.507 e. The summed E-state index contributed by atoms with van der Waals surface area (Å²) in [6.45, 7) is 0. The highest BCUT2D eigenvalue weighted by molar-refractivity contribution is 7.51. The van der Waals surface area contributed by atoms with Gasteiger partial charge in [0.15, 0.2) is 5.85 Å². The Hall–Kier alpha value is -1.65. The van der Waals surface area contributed by atoms with Crippen LogP contribution in [0.4, 0.5) is 0 Å². The van der Waals surface area contributed by atoms with Crippen molar-refractivity contribution < 1.29 is 24.6 Å². The molecule has 0 bridgehead atoms. The molecule has 0 aromatic heterocycles. The molecule has 1 unspecified atom stereocenters. The molecule has 2 aromatic carbocycles. The molecule has 1 atom stereocenters. The summed E-state index contributed by atoms with van der Waals surface area (Å²) in [6, 6.07) is 12.0. The van der Waals surface area contributed by atoms with Gasteiger partial charge in [0.2, 0.25) is 0 Å². The van der Waals surface area contributed by atoms with Crippen LogP contribution in [0, 0.1) is 0 Å². The van der Waals surface area contributed by atoms with Crippen LogP contribution in [0.25, 0.3) is 11.1 Å². The average Bonchev–Trinajstić information content (AvgIpc) is 2.61. The predicted molar refractivity (Wildman–Crippen MR) is 96.4 cm³/mol. The highest BCUT2D eigenvalue weighted by Gasteiger charge is 2.28. The Morgan fingerprint density at radius 3 is 2.36 bits per heavy atom. The summed E-state index contributed by atoms with van der Waals surface area (Å²) in [5.74, 6) is -1.30. The summed E-state index contributed by atoms with van der Waals surface area (Å²) >= 11 is 0. The Kier molecular flexibility index (Phi) is 5.30. The zero-order chi connectivity index (χ0) is 18.0. The van der Waals surface area contributed by atoms with E-state index in [0.29, 0.717) is 17.0 Å². The number of aliphatic hydroxyl groups is 1. The standard InChI is InChI=1S/C19H23O5P/c20-18-16(13-6-2-1-3-7-13)10-5-11-17(18)14-8-4-9-15(12-14)19(21)25(22,23)24/h4-5,8-13,19-21H,1-3,6-7H2,(H2,22,23,24). The van der Waals surface area contributed by atoms with Crippen molar-refractivity contribution in [2.45, 2.75) is 43.9 Å².